The van der Waals surface area contributed by atoms with E-state index in [2.05, 4.69) is 25.6 Å². The summed E-state index contributed by atoms with van der Waals surface area (Å²) in [7, 11) is 2.61. The van der Waals surface area contributed by atoms with Gasteiger partial charge in [0.2, 0.25) is 5.91 Å². The number of amides is 2. The number of nitrogens with zero attached hydrogens (tertiary/aromatic N) is 5. The van der Waals surface area contributed by atoms with E-state index < -0.39 is 71.0 Å². The van der Waals surface area contributed by atoms with Gasteiger partial charge in [-0.3, -0.25) is 28.3 Å². The van der Waals surface area contributed by atoms with Gasteiger partial charge in [0, 0.05) is 37.1 Å². The van der Waals surface area contributed by atoms with Crippen molar-refractivity contribution in [3.8, 4) is 0 Å². The first kappa shape index (κ1) is 67.1. The number of aromatic nitrogens is 5. The van der Waals surface area contributed by atoms with Crippen molar-refractivity contribution >= 4 is 67.7 Å². The lowest BCUT2D eigenvalue weighted by Crippen LogP contribution is -2.43. The molecule has 2 amide bonds. The molecule has 6 aromatic rings. The van der Waals surface area contributed by atoms with Crippen molar-refractivity contribution in [2.24, 2.45) is 17.8 Å². The lowest BCUT2D eigenvalue weighted by Gasteiger charge is -2.27. The van der Waals surface area contributed by atoms with Crippen molar-refractivity contribution in [1.82, 2.24) is 29.4 Å². The van der Waals surface area contributed by atoms with Crippen molar-refractivity contribution in [1.29, 1.82) is 0 Å². The quantitative estimate of drug-likeness (QED) is 0.0365. The summed E-state index contributed by atoms with van der Waals surface area (Å²) < 4.78 is 68.0. The van der Waals surface area contributed by atoms with E-state index in [1.165, 1.54) is 109 Å². The van der Waals surface area contributed by atoms with Gasteiger partial charge in [-0.05, 0) is 112 Å². The van der Waals surface area contributed by atoms with Gasteiger partial charge in [-0.2, -0.15) is 0 Å². The maximum absolute atomic E-state index is 13.7. The molecule has 3 fully saturated rings. The Morgan fingerprint density at radius 3 is 1.52 bits per heavy atom. The SMILES string of the molecule is CCOC(OCC)OCC.COC(=O)C(CC1CCCCC1)NC(=O)c1cc(F)ccc1N.COC(=O)C(CC1CCCCC1)n1cnc2ccc(F)cc2c1=O.O=C(Nc1nccs1)C(CC1CCCCC1)n1cnc2ccc(F)cc2c1=O. The number of nitrogen functional groups attached to an aromatic ring is 1. The number of esters is 2. The van der Waals surface area contributed by atoms with E-state index in [0.717, 1.165) is 89.2 Å². The Bertz CT molecular complexity index is 3190. The Balaban J connectivity index is 0.000000190. The van der Waals surface area contributed by atoms with E-state index in [-0.39, 0.29) is 27.9 Å². The van der Waals surface area contributed by atoms with Crippen LogP contribution in [0.4, 0.5) is 24.0 Å². The van der Waals surface area contributed by atoms with Crippen LogP contribution in [0.15, 0.2) is 88.4 Å². The van der Waals surface area contributed by atoms with Crippen LogP contribution in [-0.4, -0.2) is 94.4 Å². The van der Waals surface area contributed by atoms with Crippen LogP contribution in [-0.2, 0) is 38.1 Å². The molecule has 9 rings (SSSR count). The topological polar surface area (TPSA) is 247 Å². The molecule has 0 saturated heterocycles. The fourth-order valence-corrected chi connectivity index (χ4v) is 11.6. The summed E-state index contributed by atoms with van der Waals surface area (Å²) in [6.07, 6.45) is 22.8. The number of benzene rings is 3. The first-order valence-electron chi connectivity index (χ1n) is 29.5. The van der Waals surface area contributed by atoms with Crippen LogP contribution in [0, 0.1) is 35.2 Å². The molecule has 19 nitrogen and oxygen atoms in total. The first-order valence-corrected chi connectivity index (χ1v) is 30.3. The maximum atomic E-state index is 13.7. The fourth-order valence-electron chi connectivity index (χ4n) is 11.0. The number of ether oxygens (including phenoxy) is 5. The van der Waals surface area contributed by atoms with Crippen molar-refractivity contribution < 1.29 is 56.0 Å². The average Bonchev–Trinajstić information content (AvgIpc) is 2.76. The Morgan fingerprint density at radius 1 is 0.612 bits per heavy atom. The molecule has 3 aliphatic carbocycles. The molecule has 0 bridgehead atoms. The number of rotatable bonds is 20. The van der Waals surface area contributed by atoms with Crippen molar-refractivity contribution in [3.63, 3.8) is 0 Å². The molecule has 3 heterocycles. The summed E-state index contributed by atoms with van der Waals surface area (Å²) in [6, 6.07) is 9.24. The number of hydrogen-bond donors (Lipinski definition) is 3. The molecule has 85 heavy (non-hydrogen) atoms. The second kappa shape index (κ2) is 34.8. The molecule has 0 spiro atoms. The minimum absolute atomic E-state index is 0.0301. The number of halogens is 3. The summed E-state index contributed by atoms with van der Waals surface area (Å²) in [4.78, 5) is 87.9. The Kier molecular flexibility index (Phi) is 27.4. The zero-order chi connectivity index (χ0) is 61.3. The van der Waals surface area contributed by atoms with Crippen molar-refractivity contribution in [2.45, 2.75) is 161 Å². The molecule has 4 N–H and O–H groups in total. The zero-order valence-electron chi connectivity index (χ0n) is 49.2. The molecule has 3 saturated carbocycles. The van der Waals surface area contributed by atoms with Crippen LogP contribution in [0.2, 0.25) is 0 Å². The van der Waals surface area contributed by atoms with Gasteiger partial charge in [-0.25, -0.2) is 37.7 Å². The van der Waals surface area contributed by atoms with E-state index in [9.17, 15) is 41.9 Å². The van der Waals surface area contributed by atoms with E-state index in [1.54, 1.807) is 11.6 Å². The van der Waals surface area contributed by atoms with Gasteiger partial charge < -0.3 is 40.1 Å². The minimum Gasteiger partial charge on any atom is -0.467 e. The highest BCUT2D eigenvalue weighted by molar-refractivity contribution is 7.13. The zero-order valence-corrected chi connectivity index (χ0v) is 50.1. The van der Waals surface area contributed by atoms with Gasteiger partial charge in [0.05, 0.1) is 54.2 Å². The van der Waals surface area contributed by atoms with E-state index >= 15 is 0 Å². The number of methoxy groups -OCH3 is 2. The molecule has 3 aliphatic rings. The maximum Gasteiger partial charge on any atom is 0.329 e. The highest BCUT2D eigenvalue weighted by atomic mass is 32.1. The molecule has 462 valence electrons. The van der Waals surface area contributed by atoms with Crippen molar-refractivity contribution in [2.75, 3.05) is 45.1 Å². The van der Waals surface area contributed by atoms with E-state index in [4.69, 9.17) is 29.4 Å². The number of anilines is 2. The van der Waals surface area contributed by atoms with Crippen LogP contribution in [0.5, 0.6) is 0 Å². The van der Waals surface area contributed by atoms with Crippen LogP contribution >= 0.6 is 11.3 Å². The summed E-state index contributed by atoms with van der Waals surface area (Å²) in [6.45, 7) is 7.10. The van der Waals surface area contributed by atoms with Crippen LogP contribution in [0.3, 0.4) is 0 Å². The number of nitrogens with one attached hydrogen (secondary N) is 2. The fraction of sp³-hybridized carbons (Fsp3) is 0.532. The van der Waals surface area contributed by atoms with Crippen LogP contribution in [0.25, 0.3) is 21.8 Å². The average molecular weight is 1200 g/mol. The highest BCUT2D eigenvalue weighted by Crippen LogP contribution is 2.33. The number of hydrogen-bond acceptors (Lipinski definition) is 16. The minimum atomic E-state index is -0.738. The molecular formula is C62H81F3N8O11S. The predicted octanol–water partition coefficient (Wildman–Crippen LogP) is 11.4. The molecule has 23 heteroatoms. The van der Waals surface area contributed by atoms with Gasteiger partial charge in [-0.1, -0.05) is 96.3 Å². The number of carbonyl (C=O) groups excluding carboxylic acids is 4. The smallest absolute Gasteiger partial charge is 0.329 e. The Morgan fingerprint density at radius 2 is 1.06 bits per heavy atom. The molecule has 0 aliphatic heterocycles. The Hall–Kier alpha value is -7.08. The Labute approximate surface area is 497 Å². The first-order chi connectivity index (χ1) is 41.1. The molecular weight excluding hydrogens is 1120 g/mol. The summed E-state index contributed by atoms with van der Waals surface area (Å²) in [5, 5.41) is 8.07. The van der Waals surface area contributed by atoms with Crippen LogP contribution in [0.1, 0.15) is 159 Å². The molecule has 3 unspecified atom stereocenters. The molecule has 3 aromatic heterocycles. The highest BCUT2D eigenvalue weighted by Gasteiger charge is 2.31. The van der Waals surface area contributed by atoms with E-state index in [0.29, 0.717) is 73.0 Å². The normalized spacial score (nSPS) is 15.9. The van der Waals surface area contributed by atoms with Crippen LogP contribution < -0.4 is 27.5 Å². The largest absolute Gasteiger partial charge is 0.467 e. The lowest BCUT2D eigenvalue weighted by molar-refractivity contribution is -0.282. The summed E-state index contributed by atoms with van der Waals surface area (Å²) >= 11 is 1.32. The third-order valence-corrected chi connectivity index (χ3v) is 16.1. The molecule has 3 atom stereocenters. The number of thiazole rings is 1. The lowest BCUT2D eigenvalue weighted by atomic mass is 9.84. The van der Waals surface area contributed by atoms with Gasteiger partial charge in [0.15, 0.2) is 5.13 Å². The van der Waals surface area contributed by atoms with Crippen molar-refractivity contribution in [3.05, 3.63) is 123 Å². The number of nitrogens with two attached hydrogens (primary N) is 1. The second-order valence-corrected chi connectivity index (χ2v) is 22.2. The van der Waals surface area contributed by atoms with Gasteiger partial charge in [0.25, 0.3) is 23.5 Å². The second-order valence-electron chi connectivity index (χ2n) is 21.3. The summed E-state index contributed by atoms with van der Waals surface area (Å²) in [5.74, 6) is -2.20. The number of fused-ring (bicyclic) bond motifs is 2. The van der Waals surface area contributed by atoms with Gasteiger partial charge >= 0.3 is 11.9 Å². The number of carbonyl (C=O) groups is 4. The summed E-state index contributed by atoms with van der Waals surface area (Å²) in [5.41, 5.74) is 5.93. The third kappa shape index (κ3) is 20.3. The third-order valence-electron chi connectivity index (χ3n) is 15.4. The van der Waals surface area contributed by atoms with Gasteiger partial charge in [-0.15, -0.1) is 11.3 Å². The standard InChI is InChI=1S/C20H21FN4O2S.C18H21FN2O3.C17H23FN2O3.C7H16O3/c21-14-6-7-16-15(11-14)19(27)25(12-23-16)17(10-13-4-2-1-3-5-13)18(26)24-20-22-8-9-28-20;1-24-18(23)16(9-12-5-3-2-4-6-12)21-11-20-15-8-7-13(19)10-14(15)17(21)22;1-23-17(22)15(9-11-5-3-2-4-6-11)20-16(21)13-10-12(18)7-8-14(13)19;1-4-8-7(9-5-2)10-6-3/h6-9,11-13,17H,1-5,10H2,(H,22,24,26);7-8,10-12,16H,2-6,9H2,1H3;7-8,10-11,15H,2-6,9,19H2,1H3,(H,20,21);7H,4-6H2,1-3H3. The predicted molar refractivity (Wildman–Crippen MR) is 319 cm³/mol. The van der Waals surface area contributed by atoms with E-state index in [1.807, 2.05) is 20.8 Å². The molecule has 0 radical (unpaired) electrons. The monoisotopic (exact) mass is 1200 g/mol. The van der Waals surface area contributed by atoms with Gasteiger partial charge in [0.1, 0.15) is 35.6 Å². The molecule has 3 aromatic carbocycles.